The number of piperidine rings is 1. The van der Waals surface area contributed by atoms with Crippen LogP contribution >= 0.6 is 0 Å². The second kappa shape index (κ2) is 7.34. The van der Waals surface area contributed by atoms with E-state index in [1.54, 1.807) is 0 Å². The van der Waals surface area contributed by atoms with Crippen LogP contribution in [0.2, 0.25) is 0 Å². The van der Waals surface area contributed by atoms with Gasteiger partial charge in [0, 0.05) is 19.1 Å². The summed E-state index contributed by atoms with van der Waals surface area (Å²) in [7, 11) is 0. The minimum atomic E-state index is -0.254. The van der Waals surface area contributed by atoms with Crippen molar-refractivity contribution in [3.8, 4) is 0 Å². The van der Waals surface area contributed by atoms with Gasteiger partial charge in [0.25, 0.3) is 6.67 Å². The number of carbonyl (C=O) groups excluding carboxylic acids is 1. The summed E-state index contributed by atoms with van der Waals surface area (Å²) in [5.74, 6) is 0.455. The van der Waals surface area contributed by atoms with E-state index in [4.69, 9.17) is 11.3 Å². The smallest absolute Gasteiger partial charge is 0.407 e. The molecule has 2 rings (SSSR count). The molecular formula is C14H23N3O2. The van der Waals surface area contributed by atoms with Crippen LogP contribution in [-0.4, -0.2) is 43.4 Å². The Hall–Kier alpha value is -1.28. The molecule has 0 bridgehead atoms. The predicted molar refractivity (Wildman–Crippen MR) is 72.5 cm³/mol. The summed E-state index contributed by atoms with van der Waals surface area (Å²) in [5, 5.41) is 2.94. The fourth-order valence-electron chi connectivity index (χ4n) is 2.87. The molecule has 19 heavy (non-hydrogen) atoms. The molecule has 5 heteroatoms. The van der Waals surface area contributed by atoms with E-state index >= 15 is 0 Å². The first-order valence-corrected chi connectivity index (χ1v) is 7.27. The van der Waals surface area contributed by atoms with Crippen LogP contribution in [0.5, 0.6) is 0 Å². The van der Waals surface area contributed by atoms with Crippen molar-refractivity contribution in [2.75, 3.05) is 26.4 Å². The van der Waals surface area contributed by atoms with E-state index in [1.165, 1.54) is 12.8 Å². The molecule has 5 nitrogen and oxygen atoms in total. The first-order chi connectivity index (χ1) is 9.28. The molecule has 106 valence electrons. The number of likely N-dealkylation sites (tertiary alicyclic amines) is 1. The summed E-state index contributed by atoms with van der Waals surface area (Å²) in [6.45, 7) is 9.74. The van der Waals surface area contributed by atoms with Crippen LogP contribution in [0.4, 0.5) is 4.79 Å². The van der Waals surface area contributed by atoms with Crippen LogP contribution in [0.25, 0.3) is 4.85 Å². The van der Waals surface area contributed by atoms with E-state index < -0.39 is 0 Å². The number of hydrogen-bond acceptors (Lipinski definition) is 3. The zero-order valence-corrected chi connectivity index (χ0v) is 11.4. The third-order valence-electron chi connectivity index (χ3n) is 4.11. The Morgan fingerprint density at radius 1 is 1.26 bits per heavy atom. The zero-order chi connectivity index (χ0) is 13.5. The van der Waals surface area contributed by atoms with Gasteiger partial charge in [0.05, 0.1) is 6.61 Å². The van der Waals surface area contributed by atoms with E-state index in [0.29, 0.717) is 25.2 Å². The van der Waals surface area contributed by atoms with Crippen molar-refractivity contribution in [3.05, 3.63) is 11.4 Å². The summed E-state index contributed by atoms with van der Waals surface area (Å²) >= 11 is 0. The van der Waals surface area contributed by atoms with Crippen molar-refractivity contribution < 1.29 is 9.53 Å². The molecule has 2 fully saturated rings. The van der Waals surface area contributed by atoms with Crippen LogP contribution in [-0.2, 0) is 4.74 Å². The number of hydrogen-bond donors (Lipinski definition) is 1. The van der Waals surface area contributed by atoms with Gasteiger partial charge in [0.15, 0.2) is 0 Å². The second-order valence-electron chi connectivity index (χ2n) is 5.59. The monoisotopic (exact) mass is 265 g/mol. The molecule has 1 amide bonds. The van der Waals surface area contributed by atoms with Crippen LogP contribution in [0.15, 0.2) is 0 Å². The maximum Gasteiger partial charge on any atom is 0.407 e. The molecule has 1 aliphatic heterocycles. The summed E-state index contributed by atoms with van der Waals surface area (Å²) in [6, 6.07) is 0.327. The van der Waals surface area contributed by atoms with Gasteiger partial charge < -0.3 is 10.1 Å². The number of amides is 1. The van der Waals surface area contributed by atoms with Crippen molar-refractivity contribution >= 4 is 6.09 Å². The zero-order valence-electron chi connectivity index (χ0n) is 11.4. The van der Waals surface area contributed by atoms with Gasteiger partial charge in [-0.3, -0.25) is 4.85 Å². The molecule has 0 aromatic heterocycles. The van der Waals surface area contributed by atoms with Gasteiger partial charge in [0.2, 0.25) is 0 Å². The van der Waals surface area contributed by atoms with Gasteiger partial charge in [-0.05, 0) is 31.6 Å². The standard InChI is InChI=1S/C14H23N3O2/c1-15-11-17-8-6-12(7-9-17)10-19-14(18)16-13-4-2-3-5-13/h12-13H,2-11H2,(H,16,18). The van der Waals surface area contributed by atoms with Crippen molar-refractivity contribution in [3.63, 3.8) is 0 Å². The maximum absolute atomic E-state index is 11.6. The van der Waals surface area contributed by atoms with Crippen molar-refractivity contribution in [1.29, 1.82) is 0 Å². The molecule has 1 aliphatic carbocycles. The van der Waals surface area contributed by atoms with Gasteiger partial charge in [-0.2, -0.15) is 0 Å². The average molecular weight is 265 g/mol. The van der Waals surface area contributed by atoms with E-state index in [2.05, 4.69) is 15.1 Å². The molecule has 1 saturated carbocycles. The van der Waals surface area contributed by atoms with E-state index in [0.717, 1.165) is 38.8 Å². The van der Waals surface area contributed by atoms with Crippen LogP contribution in [0.3, 0.4) is 0 Å². The highest BCUT2D eigenvalue weighted by atomic mass is 16.5. The molecule has 0 aromatic rings. The van der Waals surface area contributed by atoms with Crippen LogP contribution in [0, 0.1) is 12.5 Å². The van der Waals surface area contributed by atoms with Crippen LogP contribution in [0.1, 0.15) is 38.5 Å². The molecule has 0 spiro atoms. The Morgan fingerprint density at radius 3 is 2.58 bits per heavy atom. The summed E-state index contributed by atoms with van der Waals surface area (Å²) in [5.41, 5.74) is 0. The van der Waals surface area contributed by atoms with Gasteiger partial charge >= 0.3 is 6.09 Å². The van der Waals surface area contributed by atoms with Crippen molar-refractivity contribution in [1.82, 2.24) is 10.2 Å². The fourth-order valence-corrected chi connectivity index (χ4v) is 2.87. The SMILES string of the molecule is [C-]#[N+]CN1CCC(COC(=O)NC2CCCC2)CC1. The Kier molecular flexibility index (Phi) is 5.46. The van der Waals surface area contributed by atoms with Gasteiger partial charge in [-0.1, -0.05) is 12.8 Å². The lowest BCUT2D eigenvalue weighted by Gasteiger charge is -2.28. The lowest BCUT2D eigenvalue weighted by atomic mass is 9.98. The summed E-state index contributed by atoms with van der Waals surface area (Å²) < 4.78 is 5.31. The maximum atomic E-state index is 11.6. The number of nitrogens with one attached hydrogen (secondary N) is 1. The van der Waals surface area contributed by atoms with Gasteiger partial charge in [0.1, 0.15) is 0 Å². The molecule has 0 aromatic carbocycles. The van der Waals surface area contributed by atoms with Crippen molar-refractivity contribution in [2.24, 2.45) is 5.92 Å². The Morgan fingerprint density at radius 2 is 1.95 bits per heavy atom. The minimum Gasteiger partial charge on any atom is -0.449 e. The Balaban J connectivity index is 1.58. The lowest BCUT2D eigenvalue weighted by Crippen LogP contribution is -2.37. The molecule has 1 N–H and O–H groups in total. The second-order valence-corrected chi connectivity index (χ2v) is 5.59. The molecule has 2 aliphatic rings. The number of nitrogens with zero attached hydrogens (tertiary/aromatic N) is 2. The normalized spacial score (nSPS) is 22.1. The molecule has 0 radical (unpaired) electrons. The van der Waals surface area contributed by atoms with E-state index in [9.17, 15) is 4.79 Å². The van der Waals surface area contributed by atoms with E-state index in [1.807, 2.05) is 0 Å². The number of carbonyl (C=O) groups is 1. The van der Waals surface area contributed by atoms with E-state index in [-0.39, 0.29) is 6.09 Å². The number of alkyl carbamates (subject to hydrolysis) is 1. The lowest BCUT2D eigenvalue weighted by molar-refractivity contribution is 0.0971. The topological polar surface area (TPSA) is 45.9 Å². The number of rotatable bonds is 4. The number of ether oxygens (including phenoxy) is 1. The van der Waals surface area contributed by atoms with Gasteiger partial charge in [-0.25, -0.2) is 16.3 Å². The highest BCUT2D eigenvalue weighted by molar-refractivity contribution is 5.67. The first kappa shape index (κ1) is 14.1. The summed E-state index contributed by atoms with van der Waals surface area (Å²) in [4.78, 5) is 17.2. The quantitative estimate of drug-likeness (QED) is 0.793. The Labute approximate surface area is 115 Å². The predicted octanol–water partition coefficient (Wildman–Crippen LogP) is 2.24. The third-order valence-corrected chi connectivity index (χ3v) is 4.11. The van der Waals surface area contributed by atoms with Gasteiger partial charge in [-0.15, -0.1) is 0 Å². The fraction of sp³-hybridized carbons (Fsp3) is 0.857. The van der Waals surface area contributed by atoms with Crippen LogP contribution < -0.4 is 5.32 Å². The minimum absolute atomic E-state index is 0.254. The molecular weight excluding hydrogens is 242 g/mol. The first-order valence-electron chi connectivity index (χ1n) is 7.27. The largest absolute Gasteiger partial charge is 0.449 e. The third kappa shape index (κ3) is 4.71. The average Bonchev–Trinajstić information content (AvgIpc) is 2.91. The summed E-state index contributed by atoms with van der Waals surface area (Å²) in [6.07, 6.45) is 6.39. The highest BCUT2D eigenvalue weighted by Crippen LogP contribution is 2.19. The molecule has 1 saturated heterocycles. The molecule has 0 atom stereocenters. The molecule has 0 unspecified atom stereocenters. The highest BCUT2D eigenvalue weighted by Gasteiger charge is 2.22. The molecule has 1 heterocycles. The van der Waals surface area contributed by atoms with Crippen molar-refractivity contribution in [2.45, 2.75) is 44.6 Å². The Bertz CT molecular complexity index is 326.